The molecule has 0 radical (unpaired) electrons. The Bertz CT molecular complexity index is 558. The van der Waals surface area contributed by atoms with E-state index in [-0.39, 0.29) is 0 Å². The molecule has 6 heteroatoms. The van der Waals surface area contributed by atoms with Crippen LogP contribution in [-0.4, -0.2) is 62.7 Å². The molecule has 1 aliphatic carbocycles. The highest BCUT2D eigenvalue weighted by molar-refractivity contribution is 5.78. The molecule has 0 spiro atoms. The predicted molar refractivity (Wildman–Crippen MR) is 95.9 cm³/mol. The first kappa shape index (κ1) is 17.0. The summed E-state index contributed by atoms with van der Waals surface area (Å²) in [7, 11) is 0. The Morgan fingerprint density at radius 1 is 1.04 bits per heavy atom. The van der Waals surface area contributed by atoms with E-state index in [1.807, 2.05) is 4.68 Å². The second-order valence-corrected chi connectivity index (χ2v) is 8.20. The SMILES string of the molecule is O=C(CN1CCC[C@H](Cn2cncn2)C1)N1CCC[C@H]2CCCC[C@@H]21. The third kappa shape index (κ3) is 4.05. The van der Waals surface area contributed by atoms with Gasteiger partial charge in [-0.1, -0.05) is 12.8 Å². The molecule has 0 bridgehead atoms. The molecule has 2 saturated heterocycles. The number of rotatable bonds is 4. The maximum atomic E-state index is 13.0. The van der Waals surface area contributed by atoms with Gasteiger partial charge in [0.1, 0.15) is 12.7 Å². The largest absolute Gasteiger partial charge is 0.338 e. The van der Waals surface area contributed by atoms with E-state index in [1.165, 1.54) is 51.4 Å². The lowest BCUT2D eigenvalue weighted by atomic mass is 9.78. The van der Waals surface area contributed by atoms with Gasteiger partial charge in [0.05, 0.1) is 6.54 Å². The number of nitrogens with zero attached hydrogens (tertiary/aromatic N) is 5. The van der Waals surface area contributed by atoms with E-state index in [0.717, 1.165) is 32.1 Å². The third-order valence-corrected chi connectivity index (χ3v) is 6.44. The second kappa shape index (κ2) is 7.85. The van der Waals surface area contributed by atoms with Crippen molar-refractivity contribution in [1.82, 2.24) is 24.6 Å². The van der Waals surface area contributed by atoms with Gasteiger partial charge < -0.3 is 4.90 Å². The average molecular weight is 345 g/mol. The first-order valence-corrected chi connectivity index (χ1v) is 10.1. The first-order valence-electron chi connectivity index (χ1n) is 10.1. The first-order chi connectivity index (χ1) is 12.3. The fraction of sp³-hybridized carbons (Fsp3) is 0.842. The van der Waals surface area contributed by atoms with Gasteiger partial charge >= 0.3 is 0 Å². The molecule has 4 rings (SSSR count). The Morgan fingerprint density at radius 3 is 2.76 bits per heavy atom. The summed E-state index contributed by atoms with van der Waals surface area (Å²) < 4.78 is 1.92. The summed E-state index contributed by atoms with van der Waals surface area (Å²) in [6, 6.07) is 0.533. The molecule has 3 fully saturated rings. The monoisotopic (exact) mass is 345 g/mol. The summed E-state index contributed by atoms with van der Waals surface area (Å²) in [5, 5.41) is 4.23. The van der Waals surface area contributed by atoms with E-state index in [2.05, 4.69) is 19.9 Å². The third-order valence-electron chi connectivity index (χ3n) is 6.44. The fourth-order valence-electron chi connectivity index (χ4n) is 5.25. The maximum Gasteiger partial charge on any atom is 0.237 e. The summed E-state index contributed by atoms with van der Waals surface area (Å²) >= 11 is 0. The Kier molecular flexibility index (Phi) is 5.34. The zero-order valence-electron chi connectivity index (χ0n) is 15.2. The van der Waals surface area contributed by atoms with Crippen LogP contribution in [0.25, 0.3) is 0 Å². The molecule has 1 amide bonds. The van der Waals surface area contributed by atoms with Crippen molar-refractivity contribution in [2.75, 3.05) is 26.2 Å². The summed E-state index contributed by atoms with van der Waals surface area (Å²) in [5.41, 5.74) is 0. The van der Waals surface area contributed by atoms with Crippen LogP contribution in [-0.2, 0) is 11.3 Å². The van der Waals surface area contributed by atoms with Crippen molar-refractivity contribution >= 4 is 5.91 Å². The molecular weight excluding hydrogens is 314 g/mol. The number of hydrogen-bond donors (Lipinski definition) is 0. The standard InChI is InChI=1S/C19H31N5O/c25-19(24-10-4-7-17-6-1-2-8-18(17)24)13-22-9-3-5-16(11-22)12-23-15-20-14-21-23/h14-18H,1-13H2/t16-,17+,18-/m0/s1. The molecule has 1 aromatic rings. The van der Waals surface area contributed by atoms with E-state index in [4.69, 9.17) is 0 Å². The van der Waals surface area contributed by atoms with Crippen molar-refractivity contribution in [3.05, 3.63) is 12.7 Å². The Hall–Kier alpha value is -1.43. The van der Waals surface area contributed by atoms with Gasteiger partial charge in [-0.25, -0.2) is 4.98 Å². The van der Waals surface area contributed by atoms with Crippen LogP contribution in [0, 0.1) is 11.8 Å². The smallest absolute Gasteiger partial charge is 0.237 e. The highest BCUT2D eigenvalue weighted by Gasteiger charge is 2.36. The molecule has 1 saturated carbocycles. The fourth-order valence-corrected chi connectivity index (χ4v) is 5.25. The molecule has 0 N–H and O–H groups in total. The van der Waals surface area contributed by atoms with Crippen LogP contribution in [0.3, 0.4) is 0 Å². The number of carbonyl (C=O) groups is 1. The quantitative estimate of drug-likeness (QED) is 0.839. The van der Waals surface area contributed by atoms with Crippen molar-refractivity contribution < 1.29 is 4.79 Å². The minimum absolute atomic E-state index is 0.373. The summed E-state index contributed by atoms with van der Waals surface area (Å²) in [4.78, 5) is 21.7. The van der Waals surface area contributed by atoms with E-state index >= 15 is 0 Å². The van der Waals surface area contributed by atoms with Crippen LogP contribution < -0.4 is 0 Å². The van der Waals surface area contributed by atoms with Crippen molar-refractivity contribution in [2.24, 2.45) is 11.8 Å². The van der Waals surface area contributed by atoms with Gasteiger partial charge in [0.2, 0.25) is 5.91 Å². The number of hydrogen-bond acceptors (Lipinski definition) is 4. The van der Waals surface area contributed by atoms with Crippen molar-refractivity contribution in [3.8, 4) is 0 Å². The number of piperidine rings is 2. The van der Waals surface area contributed by atoms with Crippen molar-refractivity contribution in [1.29, 1.82) is 0 Å². The number of carbonyl (C=O) groups excluding carboxylic acids is 1. The Balaban J connectivity index is 1.32. The van der Waals surface area contributed by atoms with E-state index in [0.29, 0.717) is 24.4 Å². The molecule has 3 atom stereocenters. The predicted octanol–water partition coefficient (Wildman–Crippen LogP) is 2.17. The normalized spacial score (nSPS) is 30.9. The van der Waals surface area contributed by atoms with Crippen LogP contribution in [0.2, 0.25) is 0 Å². The molecule has 1 aromatic heterocycles. The zero-order valence-corrected chi connectivity index (χ0v) is 15.2. The molecule has 3 aliphatic rings. The van der Waals surface area contributed by atoms with Crippen molar-refractivity contribution in [3.63, 3.8) is 0 Å². The maximum absolute atomic E-state index is 13.0. The molecule has 3 heterocycles. The average Bonchev–Trinajstić information content (AvgIpc) is 3.14. The van der Waals surface area contributed by atoms with E-state index in [1.54, 1.807) is 12.7 Å². The van der Waals surface area contributed by atoms with Gasteiger partial charge in [0.15, 0.2) is 0 Å². The van der Waals surface area contributed by atoms with Crippen LogP contribution in [0.1, 0.15) is 51.4 Å². The zero-order chi connectivity index (χ0) is 17.1. The minimum Gasteiger partial charge on any atom is -0.338 e. The Labute approximate surface area is 150 Å². The van der Waals surface area contributed by atoms with E-state index in [9.17, 15) is 4.79 Å². The summed E-state index contributed by atoms with van der Waals surface area (Å²) in [6.45, 7) is 4.57. The lowest BCUT2D eigenvalue weighted by Gasteiger charge is -2.45. The number of fused-ring (bicyclic) bond motifs is 1. The van der Waals surface area contributed by atoms with Gasteiger partial charge in [-0.3, -0.25) is 14.4 Å². The number of aromatic nitrogens is 3. The molecule has 2 aliphatic heterocycles. The van der Waals surface area contributed by atoms with Crippen LogP contribution in [0.15, 0.2) is 12.7 Å². The summed E-state index contributed by atoms with van der Waals surface area (Å²) in [5.74, 6) is 1.72. The Morgan fingerprint density at radius 2 is 1.88 bits per heavy atom. The van der Waals surface area contributed by atoms with Gasteiger partial charge in [-0.2, -0.15) is 5.10 Å². The van der Waals surface area contributed by atoms with Gasteiger partial charge in [0, 0.05) is 25.7 Å². The molecule has 0 unspecified atom stereocenters. The molecule has 6 nitrogen and oxygen atoms in total. The topological polar surface area (TPSA) is 54.3 Å². The molecular formula is C19H31N5O. The van der Waals surface area contributed by atoms with Gasteiger partial charge in [-0.15, -0.1) is 0 Å². The van der Waals surface area contributed by atoms with Crippen LogP contribution in [0.4, 0.5) is 0 Å². The lowest BCUT2D eigenvalue weighted by Crippen LogP contribution is -2.53. The van der Waals surface area contributed by atoms with Crippen molar-refractivity contribution in [2.45, 2.75) is 64.0 Å². The highest BCUT2D eigenvalue weighted by atomic mass is 16.2. The van der Waals surface area contributed by atoms with Gasteiger partial charge in [-0.05, 0) is 56.9 Å². The van der Waals surface area contributed by atoms with Crippen LogP contribution in [0.5, 0.6) is 0 Å². The number of amides is 1. The minimum atomic E-state index is 0.373. The summed E-state index contributed by atoms with van der Waals surface area (Å²) in [6.07, 6.45) is 13.5. The highest BCUT2D eigenvalue weighted by Crippen LogP contribution is 2.35. The molecule has 0 aromatic carbocycles. The second-order valence-electron chi connectivity index (χ2n) is 8.20. The van der Waals surface area contributed by atoms with E-state index < -0.39 is 0 Å². The molecule has 25 heavy (non-hydrogen) atoms. The molecule has 138 valence electrons. The van der Waals surface area contributed by atoms with Gasteiger partial charge in [0.25, 0.3) is 0 Å². The lowest BCUT2D eigenvalue weighted by molar-refractivity contribution is -0.139. The number of likely N-dealkylation sites (tertiary alicyclic amines) is 2. The van der Waals surface area contributed by atoms with Crippen LogP contribution >= 0.6 is 0 Å².